The highest BCUT2D eigenvalue weighted by atomic mass is 35.5. The number of carbonyl (C=O) groups excluding carboxylic acids is 2. The highest BCUT2D eigenvalue weighted by molar-refractivity contribution is 6.04. The summed E-state index contributed by atoms with van der Waals surface area (Å²) in [7, 11) is 0. The highest BCUT2D eigenvalue weighted by Crippen LogP contribution is 2.17. The average molecular weight is 406 g/mol. The number of halogens is 2. The van der Waals surface area contributed by atoms with Crippen LogP contribution in [0.3, 0.4) is 0 Å². The third-order valence-electron chi connectivity index (χ3n) is 4.75. The Bertz CT molecular complexity index is 814. The quantitative estimate of drug-likeness (QED) is 0.713. The molecule has 2 amide bonds. The molecule has 0 aliphatic carbocycles. The summed E-state index contributed by atoms with van der Waals surface area (Å²) in [4.78, 5) is 24.6. The number of amides is 2. The monoisotopic (exact) mass is 405 g/mol. The Balaban J connectivity index is 0.00000280. The predicted molar refractivity (Wildman–Crippen MR) is 110 cm³/mol. The summed E-state index contributed by atoms with van der Waals surface area (Å²) < 4.78 is 13.0. The Morgan fingerprint density at radius 2 is 1.93 bits per heavy atom. The molecule has 1 heterocycles. The lowest BCUT2D eigenvalue weighted by atomic mass is 9.92. The number of carbonyl (C=O) groups is 2. The summed E-state index contributed by atoms with van der Waals surface area (Å²) >= 11 is 0. The SMILES string of the molecule is C[C@H]1C[C@@H](C(=O)NCc2cccc(NC(=O)c3ccc(F)cc3)c2)CCN1.Cl. The van der Waals surface area contributed by atoms with Crippen LogP contribution in [-0.4, -0.2) is 24.4 Å². The first-order valence-electron chi connectivity index (χ1n) is 9.18. The first kappa shape index (κ1) is 21.9. The normalized spacial score (nSPS) is 18.6. The molecule has 2 aromatic rings. The van der Waals surface area contributed by atoms with Gasteiger partial charge in [-0.2, -0.15) is 0 Å². The van der Waals surface area contributed by atoms with Gasteiger partial charge < -0.3 is 16.0 Å². The second-order valence-corrected chi connectivity index (χ2v) is 6.96. The van der Waals surface area contributed by atoms with Gasteiger partial charge in [0.2, 0.25) is 5.91 Å². The van der Waals surface area contributed by atoms with Gasteiger partial charge in [-0.1, -0.05) is 12.1 Å². The van der Waals surface area contributed by atoms with Crippen LogP contribution >= 0.6 is 12.4 Å². The lowest BCUT2D eigenvalue weighted by molar-refractivity contribution is -0.126. The second kappa shape index (κ2) is 10.2. The van der Waals surface area contributed by atoms with Gasteiger partial charge in [0.1, 0.15) is 5.82 Å². The molecule has 1 saturated heterocycles. The molecule has 2 aromatic carbocycles. The third-order valence-corrected chi connectivity index (χ3v) is 4.75. The largest absolute Gasteiger partial charge is 0.352 e. The van der Waals surface area contributed by atoms with E-state index >= 15 is 0 Å². The molecule has 0 radical (unpaired) electrons. The van der Waals surface area contributed by atoms with Gasteiger partial charge in [0, 0.05) is 29.8 Å². The summed E-state index contributed by atoms with van der Waals surface area (Å²) in [5.74, 6) is -0.570. The second-order valence-electron chi connectivity index (χ2n) is 6.96. The molecule has 2 atom stereocenters. The molecule has 0 bridgehead atoms. The van der Waals surface area contributed by atoms with Crippen molar-refractivity contribution >= 4 is 29.9 Å². The van der Waals surface area contributed by atoms with Crippen LogP contribution in [0.2, 0.25) is 0 Å². The molecule has 3 rings (SSSR count). The summed E-state index contributed by atoms with van der Waals surface area (Å²) in [6.07, 6.45) is 1.70. The zero-order valence-corrected chi connectivity index (χ0v) is 16.5. The van der Waals surface area contributed by atoms with Gasteiger partial charge in [0.15, 0.2) is 0 Å². The van der Waals surface area contributed by atoms with Crippen molar-refractivity contribution in [2.75, 3.05) is 11.9 Å². The molecule has 0 spiro atoms. The molecule has 28 heavy (non-hydrogen) atoms. The fourth-order valence-electron chi connectivity index (χ4n) is 3.27. The topological polar surface area (TPSA) is 70.2 Å². The summed E-state index contributed by atoms with van der Waals surface area (Å²) in [6.45, 7) is 3.37. The fourth-order valence-corrected chi connectivity index (χ4v) is 3.27. The minimum Gasteiger partial charge on any atom is -0.352 e. The first-order chi connectivity index (χ1) is 13.0. The molecule has 0 aromatic heterocycles. The van der Waals surface area contributed by atoms with E-state index in [1.165, 1.54) is 24.3 Å². The van der Waals surface area contributed by atoms with Crippen molar-refractivity contribution < 1.29 is 14.0 Å². The molecular weight excluding hydrogens is 381 g/mol. The lowest BCUT2D eigenvalue weighted by Crippen LogP contribution is -2.42. The number of benzene rings is 2. The third kappa shape index (κ3) is 6.04. The van der Waals surface area contributed by atoms with Crippen LogP contribution in [0.5, 0.6) is 0 Å². The minimum absolute atomic E-state index is 0. The van der Waals surface area contributed by atoms with Crippen molar-refractivity contribution in [2.24, 2.45) is 5.92 Å². The summed E-state index contributed by atoms with van der Waals surface area (Å²) in [5.41, 5.74) is 1.92. The van der Waals surface area contributed by atoms with Crippen molar-refractivity contribution in [3.8, 4) is 0 Å². The zero-order valence-electron chi connectivity index (χ0n) is 15.7. The van der Waals surface area contributed by atoms with E-state index in [9.17, 15) is 14.0 Å². The fraction of sp³-hybridized carbons (Fsp3) is 0.333. The highest BCUT2D eigenvalue weighted by Gasteiger charge is 2.24. The van der Waals surface area contributed by atoms with Crippen LogP contribution in [0, 0.1) is 11.7 Å². The van der Waals surface area contributed by atoms with E-state index in [2.05, 4.69) is 22.9 Å². The smallest absolute Gasteiger partial charge is 0.255 e. The van der Waals surface area contributed by atoms with Crippen LogP contribution in [0.15, 0.2) is 48.5 Å². The van der Waals surface area contributed by atoms with Crippen molar-refractivity contribution in [3.63, 3.8) is 0 Å². The molecular formula is C21H25ClFN3O2. The maximum Gasteiger partial charge on any atom is 0.255 e. The van der Waals surface area contributed by atoms with Gasteiger partial charge >= 0.3 is 0 Å². The van der Waals surface area contributed by atoms with Crippen LogP contribution in [0.25, 0.3) is 0 Å². The number of hydrogen-bond acceptors (Lipinski definition) is 3. The maximum absolute atomic E-state index is 13.0. The molecule has 0 saturated carbocycles. The Morgan fingerprint density at radius 1 is 1.18 bits per heavy atom. The van der Waals surface area contributed by atoms with Crippen molar-refractivity contribution in [1.82, 2.24) is 10.6 Å². The summed E-state index contributed by atoms with van der Waals surface area (Å²) in [5, 5.41) is 9.12. The van der Waals surface area contributed by atoms with E-state index in [1.54, 1.807) is 6.07 Å². The number of piperidine rings is 1. The Kier molecular flexibility index (Phi) is 7.96. The number of rotatable bonds is 5. The number of anilines is 1. The Labute approximate surface area is 170 Å². The predicted octanol–water partition coefficient (Wildman–Crippen LogP) is 3.50. The van der Waals surface area contributed by atoms with E-state index in [-0.39, 0.29) is 36.0 Å². The van der Waals surface area contributed by atoms with Crippen LogP contribution in [0.1, 0.15) is 35.7 Å². The van der Waals surface area contributed by atoms with Crippen LogP contribution < -0.4 is 16.0 Å². The number of hydrogen-bond donors (Lipinski definition) is 3. The zero-order chi connectivity index (χ0) is 19.2. The van der Waals surface area contributed by atoms with E-state index in [1.807, 2.05) is 18.2 Å². The molecule has 0 unspecified atom stereocenters. The Morgan fingerprint density at radius 3 is 2.64 bits per heavy atom. The van der Waals surface area contributed by atoms with Crippen molar-refractivity contribution in [1.29, 1.82) is 0 Å². The molecule has 5 nitrogen and oxygen atoms in total. The summed E-state index contributed by atoms with van der Waals surface area (Å²) in [6, 6.07) is 13.1. The minimum atomic E-state index is -0.382. The standard InChI is InChI=1S/C21H24FN3O2.ClH/c1-14-11-17(9-10-23-14)20(26)24-13-15-3-2-4-19(12-15)25-21(27)16-5-7-18(22)8-6-16;/h2-8,12,14,17,23H,9-11,13H2,1H3,(H,24,26)(H,25,27);1H/t14-,17-;/m0./s1. The lowest BCUT2D eigenvalue weighted by Gasteiger charge is -2.27. The van der Waals surface area contributed by atoms with Gasteiger partial charge in [-0.25, -0.2) is 4.39 Å². The van der Waals surface area contributed by atoms with Gasteiger partial charge in [-0.3, -0.25) is 9.59 Å². The first-order valence-corrected chi connectivity index (χ1v) is 9.18. The van der Waals surface area contributed by atoms with Crippen LogP contribution in [0.4, 0.5) is 10.1 Å². The van der Waals surface area contributed by atoms with Gasteiger partial charge in [0.05, 0.1) is 0 Å². The van der Waals surface area contributed by atoms with E-state index in [0.717, 1.165) is 24.9 Å². The Hall–Kier alpha value is -2.44. The van der Waals surface area contributed by atoms with Crippen molar-refractivity contribution in [3.05, 3.63) is 65.5 Å². The average Bonchev–Trinajstić information content (AvgIpc) is 2.67. The van der Waals surface area contributed by atoms with E-state index < -0.39 is 0 Å². The molecule has 1 fully saturated rings. The van der Waals surface area contributed by atoms with Crippen molar-refractivity contribution in [2.45, 2.75) is 32.4 Å². The molecule has 7 heteroatoms. The van der Waals surface area contributed by atoms with E-state index in [4.69, 9.17) is 0 Å². The molecule has 150 valence electrons. The van der Waals surface area contributed by atoms with E-state index in [0.29, 0.717) is 23.8 Å². The van der Waals surface area contributed by atoms with Gasteiger partial charge in [-0.15, -0.1) is 12.4 Å². The maximum atomic E-state index is 13.0. The van der Waals surface area contributed by atoms with Gasteiger partial charge in [0.25, 0.3) is 5.91 Å². The molecule has 3 N–H and O–H groups in total. The molecule has 1 aliphatic heterocycles. The van der Waals surface area contributed by atoms with Gasteiger partial charge in [-0.05, 0) is 68.3 Å². The molecule has 1 aliphatic rings. The number of nitrogens with one attached hydrogen (secondary N) is 3. The van der Waals surface area contributed by atoms with Crippen LogP contribution in [-0.2, 0) is 11.3 Å².